The Kier molecular flexibility index (Phi) is 4.05. The van der Waals surface area contributed by atoms with Gasteiger partial charge in [0.2, 0.25) is 5.56 Å². The molecule has 0 saturated heterocycles. The Morgan fingerprint density at radius 3 is 2.77 bits per heavy atom. The highest BCUT2D eigenvalue weighted by Gasteiger charge is 2.22. The van der Waals surface area contributed by atoms with E-state index in [1.165, 1.54) is 17.4 Å². The average Bonchev–Trinajstić information content (AvgIpc) is 3.06. The zero-order valence-electron chi connectivity index (χ0n) is 14.4. The number of aryl methyl sites for hydroxylation is 1. The molecule has 2 aromatic heterocycles. The van der Waals surface area contributed by atoms with Gasteiger partial charge in [-0.05, 0) is 31.5 Å². The number of benzene rings is 2. The zero-order chi connectivity index (χ0) is 18.3. The first-order valence-corrected chi connectivity index (χ1v) is 9.20. The number of fused-ring (bicyclic) bond motifs is 2. The van der Waals surface area contributed by atoms with Crippen molar-refractivity contribution in [1.82, 2.24) is 9.97 Å². The fourth-order valence-electron chi connectivity index (χ4n) is 3.08. The van der Waals surface area contributed by atoms with Crippen molar-refractivity contribution >= 4 is 43.5 Å². The molecule has 130 valence electrons. The number of anilines is 1. The van der Waals surface area contributed by atoms with E-state index in [1.807, 2.05) is 50.2 Å². The third-order valence-electron chi connectivity index (χ3n) is 4.38. The number of nitrogens with one attached hydrogen (secondary N) is 1. The summed E-state index contributed by atoms with van der Waals surface area (Å²) >= 11 is 1.48. The monoisotopic (exact) mass is 363 g/mol. The molecule has 2 heterocycles. The number of carbonyl (C=O) groups is 1. The van der Waals surface area contributed by atoms with Gasteiger partial charge in [-0.3, -0.25) is 14.5 Å². The lowest BCUT2D eigenvalue weighted by Crippen LogP contribution is -2.31. The van der Waals surface area contributed by atoms with Crippen molar-refractivity contribution in [2.45, 2.75) is 13.8 Å². The number of carbonyl (C=O) groups excluding carboxylic acids is 1. The molecule has 2 aromatic carbocycles. The Hall–Kier alpha value is -2.99. The van der Waals surface area contributed by atoms with Crippen LogP contribution in [-0.2, 0) is 0 Å². The molecule has 0 aliphatic carbocycles. The summed E-state index contributed by atoms with van der Waals surface area (Å²) in [4.78, 5) is 34.3. The summed E-state index contributed by atoms with van der Waals surface area (Å²) in [5, 5.41) is 1.37. The van der Waals surface area contributed by atoms with Crippen LogP contribution in [-0.4, -0.2) is 22.4 Å². The van der Waals surface area contributed by atoms with Crippen LogP contribution < -0.4 is 10.5 Å². The third-order valence-corrected chi connectivity index (χ3v) is 5.43. The van der Waals surface area contributed by atoms with Crippen LogP contribution in [0.3, 0.4) is 0 Å². The van der Waals surface area contributed by atoms with E-state index in [0.717, 1.165) is 21.2 Å². The number of aromatic amines is 1. The number of hydrogen-bond donors (Lipinski definition) is 1. The number of amides is 1. The first-order valence-electron chi connectivity index (χ1n) is 8.38. The van der Waals surface area contributed by atoms with Gasteiger partial charge >= 0.3 is 0 Å². The Morgan fingerprint density at radius 1 is 1.19 bits per heavy atom. The highest BCUT2D eigenvalue weighted by Crippen LogP contribution is 2.31. The zero-order valence-corrected chi connectivity index (χ0v) is 15.3. The number of pyridine rings is 1. The van der Waals surface area contributed by atoms with Gasteiger partial charge in [0.1, 0.15) is 0 Å². The molecule has 0 atom stereocenters. The van der Waals surface area contributed by atoms with Gasteiger partial charge < -0.3 is 4.98 Å². The van der Waals surface area contributed by atoms with Gasteiger partial charge in [0, 0.05) is 23.5 Å². The molecule has 0 fully saturated rings. The second kappa shape index (κ2) is 6.38. The van der Waals surface area contributed by atoms with Crippen LogP contribution in [0.4, 0.5) is 5.13 Å². The number of para-hydroxylation sites is 2. The lowest BCUT2D eigenvalue weighted by atomic mass is 10.1. The summed E-state index contributed by atoms with van der Waals surface area (Å²) in [6.45, 7) is 4.39. The average molecular weight is 363 g/mol. The molecule has 5 nitrogen and oxygen atoms in total. The molecule has 4 rings (SSSR count). The second-order valence-electron chi connectivity index (χ2n) is 6.06. The first kappa shape index (κ1) is 16.5. The maximum atomic E-state index is 13.2. The van der Waals surface area contributed by atoms with Gasteiger partial charge in [-0.15, -0.1) is 0 Å². The Labute approximate surface area is 153 Å². The number of rotatable bonds is 3. The minimum absolute atomic E-state index is 0.216. The molecule has 0 aliphatic heterocycles. The smallest absolute Gasteiger partial charge is 0.260 e. The quantitative estimate of drug-likeness (QED) is 0.596. The summed E-state index contributed by atoms with van der Waals surface area (Å²) in [5.41, 5.74) is 2.74. The molecule has 4 aromatic rings. The summed E-state index contributed by atoms with van der Waals surface area (Å²) in [5.74, 6) is -0.216. The van der Waals surface area contributed by atoms with Gasteiger partial charge in [0.15, 0.2) is 5.13 Å². The minimum atomic E-state index is -0.289. The fourth-order valence-corrected chi connectivity index (χ4v) is 4.19. The van der Waals surface area contributed by atoms with Crippen LogP contribution in [0.25, 0.3) is 21.1 Å². The summed E-state index contributed by atoms with van der Waals surface area (Å²) < 4.78 is 1.04. The third kappa shape index (κ3) is 2.68. The highest BCUT2D eigenvalue weighted by molar-refractivity contribution is 7.22. The van der Waals surface area contributed by atoms with Crippen LogP contribution in [0.2, 0.25) is 0 Å². The maximum Gasteiger partial charge on any atom is 0.260 e. The van der Waals surface area contributed by atoms with Gasteiger partial charge in [0.05, 0.1) is 15.8 Å². The van der Waals surface area contributed by atoms with Gasteiger partial charge in [0.25, 0.3) is 5.91 Å². The van der Waals surface area contributed by atoms with Crippen molar-refractivity contribution in [2.24, 2.45) is 0 Å². The van der Waals surface area contributed by atoms with E-state index < -0.39 is 0 Å². The van der Waals surface area contributed by atoms with Crippen molar-refractivity contribution in [1.29, 1.82) is 0 Å². The van der Waals surface area contributed by atoms with Crippen LogP contribution in [0, 0.1) is 6.92 Å². The van der Waals surface area contributed by atoms with Crippen LogP contribution in [0.1, 0.15) is 22.8 Å². The molecule has 0 spiro atoms. The van der Waals surface area contributed by atoms with Crippen molar-refractivity contribution < 1.29 is 4.79 Å². The molecule has 1 amide bonds. The molecular weight excluding hydrogens is 346 g/mol. The van der Waals surface area contributed by atoms with Gasteiger partial charge in [-0.1, -0.05) is 41.7 Å². The summed E-state index contributed by atoms with van der Waals surface area (Å²) in [6.07, 6.45) is 0. The maximum absolute atomic E-state index is 13.2. The van der Waals surface area contributed by atoms with Crippen LogP contribution in [0.5, 0.6) is 0 Å². The molecule has 26 heavy (non-hydrogen) atoms. The van der Waals surface area contributed by atoms with E-state index in [1.54, 1.807) is 11.0 Å². The number of H-pyrrole nitrogens is 1. The molecule has 0 saturated carbocycles. The fraction of sp³-hybridized carbons (Fsp3) is 0.150. The Balaban J connectivity index is 1.85. The molecule has 1 N–H and O–H groups in total. The van der Waals surface area contributed by atoms with E-state index in [-0.39, 0.29) is 11.5 Å². The Morgan fingerprint density at radius 2 is 2.00 bits per heavy atom. The first-order chi connectivity index (χ1) is 12.6. The second-order valence-corrected chi connectivity index (χ2v) is 7.07. The lowest BCUT2D eigenvalue weighted by molar-refractivity contribution is 0.0989. The Bertz CT molecular complexity index is 1190. The van der Waals surface area contributed by atoms with E-state index in [0.29, 0.717) is 22.8 Å². The van der Waals surface area contributed by atoms with Crippen LogP contribution >= 0.6 is 11.3 Å². The van der Waals surface area contributed by atoms with E-state index in [4.69, 9.17) is 0 Å². The van der Waals surface area contributed by atoms with Crippen LogP contribution in [0.15, 0.2) is 53.3 Å². The summed E-state index contributed by atoms with van der Waals surface area (Å²) in [7, 11) is 0. The SMILES string of the molecule is CCN(C(=O)c1cc(=O)[nH]c2ccccc12)c1nc2c(C)cccc2s1. The number of aromatic nitrogens is 2. The summed E-state index contributed by atoms with van der Waals surface area (Å²) in [6, 6.07) is 14.7. The van der Waals surface area contributed by atoms with E-state index >= 15 is 0 Å². The van der Waals surface area contributed by atoms with Crippen molar-refractivity contribution in [3.05, 3.63) is 70.0 Å². The molecule has 0 aliphatic rings. The highest BCUT2D eigenvalue weighted by atomic mass is 32.1. The van der Waals surface area contributed by atoms with Crippen molar-refractivity contribution in [3.8, 4) is 0 Å². The molecular formula is C20H17N3O2S. The van der Waals surface area contributed by atoms with Gasteiger partial charge in [-0.2, -0.15) is 0 Å². The number of thiazole rings is 1. The molecule has 0 radical (unpaired) electrons. The molecule has 0 bridgehead atoms. The standard InChI is InChI=1S/C20H17N3O2S/c1-3-23(20-22-18-12(2)7-6-10-16(18)26-20)19(25)14-11-17(24)21-15-9-5-4-8-13(14)15/h4-11H,3H2,1-2H3,(H,21,24). The van der Waals surface area contributed by atoms with E-state index in [9.17, 15) is 9.59 Å². The number of hydrogen-bond acceptors (Lipinski definition) is 4. The molecule has 6 heteroatoms. The largest absolute Gasteiger partial charge is 0.322 e. The number of nitrogens with zero attached hydrogens (tertiary/aromatic N) is 2. The normalized spacial score (nSPS) is 11.2. The van der Waals surface area contributed by atoms with E-state index in [2.05, 4.69) is 9.97 Å². The topological polar surface area (TPSA) is 66.1 Å². The van der Waals surface area contributed by atoms with Crippen molar-refractivity contribution in [3.63, 3.8) is 0 Å². The lowest BCUT2D eigenvalue weighted by Gasteiger charge is -2.18. The molecule has 0 unspecified atom stereocenters. The van der Waals surface area contributed by atoms with Gasteiger partial charge in [-0.25, -0.2) is 4.98 Å². The predicted octanol–water partition coefficient (Wildman–Crippen LogP) is 4.11. The van der Waals surface area contributed by atoms with Crippen molar-refractivity contribution in [2.75, 3.05) is 11.4 Å². The minimum Gasteiger partial charge on any atom is -0.322 e. The predicted molar refractivity (Wildman–Crippen MR) is 106 cm³/mol.